The van der Waals surface area contributed by atoms with Crippen molar-refractivity contribution in [2.24, 2.45) is 5.92 Å². The summed E-state index contributed by atoms with van der Waals surface area (Å²) in [5.41, 5.74) is 2.01. The minimum absolute atomic E-state index is 0.136. The van der Waals surface area contributed by atoms with Crippen molar-refractivity contribution in [2.45, 2.75) is 18.8 Å². The molecule has 4 rings (SSSR count). The fraction of sp³-hybridized carbons (Fsp3) is 0.409. The molecule has 2 aliphatic rings. The van der Waals surface area contributed by atoms with Crippen LogP contribution in [0.1, 0.15) is 24.3 Å². The number of carbonyl (C=O) groups is 1. The van der Waals surface area contributed by atoms with E-state index in [4.69, 9.17) is 4.74 Å². The molecule has 2 aromatic carbocycles. The molecule has 2 aromatic rings. The average Bonchev–Trinajstić information content (AvgIpc) is 3.55. The first-order chi connectivity index (χ1) is 13.2. The first-order valence-electron chi connectivity index (χ1n) is 9.59. The fourth-order valence-corrected chi connectivity index (χ4v) is 3.97. The normalized spacial score (nSPS) is 18.3. The minimum Gasteiger partial charge on any atom is -0.495 e. The highest BCUT2D eigenvalue weighted by atomic mass is 19.1. The summed E-state index contributed by atoms with van der Waals surface area (Å²) in [5, 5.41) is 0. The van der Waals surface area contributed by atoms with Crippen LogP contribution in [0.4, 0.5) is 10.1 Å². The van der Waals surface area contributed by atoms with Crippen molar-refractivity contribution in [3.05, 3.63) is 59.9 Å². The Morgan fingerprint density at radius 2 is 1.70 bits per heavy atom. The van der Waals surface area contributed by atoms with E-state index in [1.807, 2.05) is 23.1 Å². The van der Waals surface area contributed by atoms with E-state index in [9.17, 15) is 9.18 Å². The Hall–Kier alpha value is -2.56. The number of carbonyl (C=O) groups excluding carboxylic acids is 1. The van der Waals surface area contributed by atoms with Crippen LogP contribution in [-0.2, 0) is 4.79 Å². The standard InChI is InChI=1S/C22H25FN2O2/c1-27-20-5-3-2-4-19(20)24-12-14-25(15-13-24)22(26)21(16-6-7-16)17-8-10-18(23)11-9-17/h2-5,8-11,16,21H,6-7,12-15H2,1H3. The van der Waals surface area contributed by atoms with Crippen LogP contribution in [0.3, 0.4) is 0 Å². The summed E-state index contributed by atoms with van der Waals surface area (Å²) < 4.78 is 18.7. The zero-order valence-corrected chi connectivity index (χ0v) is 15.6. The summed E-state index contributed by atoms with van der Waals surface area (Å²) in [4.78, 5) is 17.5. The SMILES string of the molecule is COc1ccccc1N1CCN(C(=O)C(c2ccc(F)cc2)C2CC2)CC1. The largest absolute Gasteiger partial charge is 0.495 e. The molecule has 0 radical (unpaired) electrons. The summed E-state index contributed by atoms with van der Waals surface area (Å²) >= 11 is 0. The van der Waals surface area contributed by atoms with Gasteiger partial charge in [-0.05, 0) is 48.6 Å². The Kier molecular flexibility index (Phi) is 5.01. The molecule has 27 heavy (non-hydrogen) atoms. The van der Waals surface area contributed by atoms with E-state index in [2.05, 4.69) is 11.0 Å². The number of anilines is 1. The van der Waals surface area contributed by atoms with Crippen molar-refractivity contribution in [3.63, 3.8) is 0 Å². The van der Waals surface area contributed by atoms with Gasteiger partial charge in [0, 0.05) is 26.2 Å². The van der Waals surface area contributed by atoms with Crippen LogP contribution in [0.5, 0.6) is 5.75 Å². The lowest BCUT2D eigenvalue weighted by atomic mass is 9.92. The van der Waals surface area contributed by atoms with Gasteiger partial charge in [-0.3, -0.25) is 4.79 Å². The van der Waals surface area contributed by atoms with E-state index in [1.54, 1.807) is 19.2 Å². The molecule has 0 N–H and O–H groups in total. The van der Waals surface area contributed by atoms with Crippen molar-refractivity contribution in [2.75, 3.05) is 38.2 Å². The van der Waals surface area contributed by atoms with Crippen LogP contribution in [0, 0.1) is 11.7 Å². The quantitative estimate of drug-likeness (QED) is 0.807. The van der Waals surface area contributed by atoms with Gasteiger partial charge in [0.2, 0.25) is 5.91 Å². The highest BCUT2D eigenvalue weighted by Gasteiger charge is 2.40. The molecule has 1 saturated carbocycles. The smallest absolute Gasteiger partial charge is 0.230 e. The molecular formula is C22H25FN2O2. The maximum Gasteiger partial charge on any atom is 0.230 e. The number of hydrogen-bond donors (Lipinski definition) is 0. The number of piperazine rings is 1. The number of para-hydroxylation sites is 2. The van der Waals surface area contributed by atoms with E-state index < -0.39 is 0 Å². The first kappa shape index (κ1) is 17.8. The fourth-order valence-electron chi connectivity index (χ4n) is 3.97. The molecule has 1 heterocycles. The van der Waals surface area contributed by atoms with Gasteiger partial charge in [-0.25, -0.2) is 4.39 Å². The van der Waals surface area contributed by atoms with Crippen molar-refractivity contribution < 1.29 is 13.9 Å². The first-order valence-corrected chi connectivity index (χ1v) is 9.59. The van der Waals surface area contributed by atoms with Gasteiger partial charge < -0.3 is 14.5 Å². The van der Waals surface area contributed by atoms with Gasteiger partial charge >= 0.3 is 0 Å². The van der Waals surface area contributed by atoms with Gasteiger partial charge in [0.05, 0.1) is 18.7 Å². The number of nitrogens with zero attached hydrogens (tertiary/aromatic N) is 2. The predicted molar refractivity (Wildman–Crippen MR) is 104 cm³/mol. The lowest BCUT2D eigenvalue weighted by Crippen LogP contribution is -2.50. The van der Waals surface area contributed by atoms with E-state index >= 15 is 0 Å². The molecule has 0 bridgehead atoms. The second kappa shape index (κ2) is 7.59. The summed E-state index contributed by atoms with van der Waals surface area (Å²) in [6.45, 7) is 2.96. The van der Waals surface area contributed by atoms with Gasteiger partial charge in [0.15, 0.2) is 0 Å². The molecule has 1 aliphatic heterocycles. The van der Waals surface area contributed by atoms with Crippen LogP contribution in [0.15, 0.2) is 48.5 Å². The zero-order chi connectivity index (χ0) is 18.8. The number of ether oxygens (including phenoxy) is 1. The van der Waals surface area contributed by atoms with Gasteiger partial charge in [-0.2, -0.15) is 0 Å². The number of hydrogen-bond acceptors (Lipinski definition) is 3. The lowest BCUT2D eigenvalue weighted by molar-refractivity contribution is -0.133. The maximum absolute atomic E-state index is 13.3. The Morgan fingerprint density at radius 1 is 1.04 bits per heavy atom. The molecule has 1 saturated heterocycles. The number of methoxy groups -OCH3 is 1. The number of rotatable bonds is 5. The second-order valence-electron chi connectivity index (χ2n) is 7.35. The summed E-state index contributed by atoms with van der Waals surface area (Å²) in [6.07, 6.45) is 2.16. The van der Waals surface area contributed by atoms with Crippen LogP contribution >= 0.6 is 0 Å². The molecule has 1 atom stereocenters. The summed E-state index contributed by atoms with van der Waals surface area (Å²) in [5.74, 6) is 1.05. The third kappa shape index (κ3) is 3.77. The van der Waals surface area contributed by atoms with Crippen LogP contribution in [-0.4, -0.2) is 44.1 Å². The lowest BCUT2D eigenvalue weighted by Gasteiger charge is -2.38. The second-order valence-corrected chi connectivity index (χ2v) is 7.35. The predicted octanol–water partition coefficient (Wildman–Crippen LogP) is 3.68. The van der Waals surface area contributed by atoms with Crippen LogP contribution in [0.2, 0.25) is 0 Å². The highest BCUT2D eigenvalue weighted by Crippen LogP contribution is 2.44. The molecule has 0 spiro atoms. The molecule has 1 aliphatic carbocycles. The van der Waals surface area contributed by atoms with E-state index in [-0.39, 0.29) is 17.6 Å². The molecule has 5 heteroatoms. The molecule has 0 aromatic heterocycles. The Labute approximate surface area is 159 Å². The molecule has 2 fully saturated rings. The van der Waals surface area contributed by atoms with Gasteiger partial charge in [0.1, 0.15) is 11.6 Å². The van der Waals surface area contributed by atoms with Crippen molar-refractivity contribution in [1.82, 2.24) is 4.90 Å². The minimum atomic E-state index is -0.258. The number of amides is 1. The third-order valence-corrected chi connectivity index (χ3v) is 5.61. The van der Waals surface area contributed by atoms with Gasteiger partial charge in [0.25, 0.3) is 0 Å². The third-order valence-electron chi connectivity index (χ3n) is 5.61. The van der Waals surface area contributed by atoms with E-state index in [0.29, 0.717) is 19.0 Å². The van der Waals surface area contributed by atoms with Gasteiger partial charge in [-0.1, -0.05) is 24.3 Å². The number of benzene rings is 2. The Morgan fingerprint density at radius 3 is 2.33 bits per heavy atom. The monoisotopic (exact) mass is 368 g/mol. The topological polar surface area (TPSA) is 32.8 Å². The molecule has 1 unspecified atom stereocenters. The van der Waals surface area contributed by atoms with Crippen LogP contribution < -0.4 is 9.64 Å². The number of halogens is 1. The molecule has 1 amide bonds. The summed E-state index contributed by atoms with van der Waals surface area (Å²) in [7, 11) is 1.68. The van der Waals surface area contributed by atoms with Gasteiger partial charge in [-0.15, -0.1) is 0 Å². The van der Waals surface area contributed by atoms with Crippen molar-refractivity contribution in [3.8, 4) is 5.75 Å². The Bertz CT molecular complexity index is 796. The molecule has 142 valence electrons. The van der Waals surface area contributed by atoms with E-state index in [0.717, 1.165) is 42.9 Å². The van der Waals surface area contributed by atoms with Crippen molar-refractivity contribution >= 4 is 11.6 Å². The summed E-state index contributed by atoms with van der Waals surface area (Å²) in [6, 6.07) is 14.4. The van der Waals surface area contributed by atoms with Crippen molar-refractivity contribution in [1.29, 1.82) is 0 Å². The maximum atomic E-state index is 13.3. The Balaban J connectivity index is 1.45. The average molecular weight is 368 g/mol. The molecule has 4 nitrogen and oxygen atoms in total. The molecular weight excluding hydrogens is 343 g/mol. The zero-order valence-electron chi connectivity index (χ0n) is 15.6. The highest BCUT2D eigenvalue weighted by molar-refractivity contribution is 5.85. The van der Waals surface area contributed by atoms with E-state index in [1.165, 1.54) is 12.1 Å². The van der Waals surface area contributed by atoms with Crippen LogP contribution in [0.25, 0.3) is 0 Å².